The Morgan fingerprint density at radius 3 is 2.67 bits per heavy atom. The van der Waals surface area contributed by atoms with Gasteiger partial charge in [-0.1, -0.05) is 32.0 Å². The van der Waals surface area contributed by atoms with Gasteiger partial charge in [-0.15, -0.1) is 0 Å². The molecule has 1 aromatic heterocycles. The zero-order chi connectivity index (χ0) is 23.5. The van der Waals surface area contributed by atoms with Crippen molar-refractivity contribution in [3.8, 4) is 0 Å². The number of rotatable bonds is 6. The van der Waals surface area contributed by atoms with E-state index in [-0.39, 0.29) is 24.1 Å². The molecule has 0 spiro atoms. The van der Waals surface area contributed by atoms with E-state index in [2.05, 4.69) is 23.7 Å². The van der Waals surface area contributed by atoms with E-state index < -0.39 is 17.1 Å². The highest BCUT2D eigenvalue weighted by Gasteiger charge is 2.29. The van der Waals surface area contributed by atoms with Gasteiger partial charge in [0.1, 0.15) is 5.82 Å². The van der Waals surface area contributed by atoms with Crippen molar-refractivity contribution < 1.29 is 9.18 Å². The van der Waals surface area contributed by atoms with Gasteiger partial charge in [-0.25, -0.2) is 9.18 Å². The first-order chi connectivity index (χ1) is 15.9. The van der Waals surface area contributed by atoms with Gasteiger partial charge < -0.3 is 4.90 Å². The number of para-hydroxylation sites is 1. The summed E-state index contributed by atoms with van der Waals surface area (Å²) in [5, 5.41) is 0.395. The minimum atomic E-state index is -0.577. The number of halogens is 1. The normalized spacial score (nSPS) is 16.9. The predicted molar refractivity (Wildman–Crippen MR) is 126 cm³/mol. The second kappa shape index (κ2) is 9.70. The molecule has 4 rings (SSSR count). The Labute approximate surface area is 191 Å². The molecule has 1 N–H and O–H groups in total. The molecule has 33 heavy (non-hydrogen) atoms. The van der Waals surface area contributed by atoms with Crippen molar-refractivity contribution in [1.82, 2.24) is 19.4 Å². The molecule has 7 nitrogen and oxygen atoms in total. The van der Waals surface area contributed by atoms with Crippen LogP contribution in [0.2, 0.25) is 0 Å². The van der Waals surface area contributed by atoms with Crippen molar-refractivity contribution in [2.24, 2.45) is 0 Å². The van der Waals surface area contributed by atoms with Gasteiger partial charge in [0.2, 0.25) is 0 Å². The van der Waals surface area contributed by atoms with Gasteiger partial charge >= 0.3 is 5.69 Å². The number of fused-ring (bicyclic) bond motifs is 1. The van der Waals surface area contributed by atoms with Crippen LogP contribution in [0.5, 0.6) is 0 Å². The zero-order valence-corrected chi connectivity index (χ0v) is 19.0. The van der Waals surface area contributed by atoms with Crippen LogP contribution >= 0.6 is 0 Å². The fourth-order valence-corrected chi connectivity index (χ4v) is 4.63. The van der Waals surface area contributed by atoms with Crippen LogP contribution in [0.3, 0.4) is 0 Å². The van der Waals surface area contributed by atoms with Crippen molar-refractivity contribution in [3.05, 3.63) is 80.2 Å². The highest BCUT2D eigenvalue weighted by Crippen LogP contribution is 2.19. The lowest BCUT2D eigenvalue weighted by atomic mass is 10.1. The number of carbonyl (C=O) groups is 1. The minimum absolute atomic E-state index is 0.00748. The lowest BCUT2D eigenvalue weighted by Crippen LogP contribution is -2.54. The Morgan fingerprint density at radius 1 is 1.12 bits per heavy atom. The molecule has 0 bridgehead atoms. The molecule has 1 aliphatic rings. The monoisotopic (exact) mass is 452 g/mol. The Bertz CT molecular complexity index is 1280. The molecule has 2 heterocycles. The quantitative estimate of drug-likeness (QED) is 0.624. The van der Waals surface area contributed by atoms with Crippen molar-refractivity contribution in [1.29, 1.82) is 0 Å². The highest BCUT2D eigenvalue weighted by molar-refractivity contribution is 5.94. The third kappa shape index (κ3) is 4.61. The fraction of sp³-hybridized carbons (Fsp3) is 0.400. The van der Waals surface area contributed by atoms with Crippen LogP contribution in [0.25, 0.3) is 10.9 Å². The second-order valence-electron chi connectivity index (χ2n) is 8.53. The van der Waals surface area contributed by atoms with E-state index in [0.717, 1.165) is 25.9 Å². The van der Waals surface area contributed by atoms with E-state index in [4.69, 9.17) is 0 Å². The van der Waals surface area contributed by atoms with E-state index in [0.29, 0.717) is 29.6 Å². The topological polar surface area (TPSA) is 78.4 Å². The molecule has 8 heteroatoms. The van der Waals surface area contributed by atoms with E-state index in [9.17, 15) is 18.8 Å². The highest BCUT2D eigenvalue weighted by atomic mass is 19.1. The third-order valence-electron chi connectivity index (χ3n) is 6.38. The molecule has 2 aromatic carbocycles. The number of hydrogen-bond acceptors (Lipinski definition) is 4. The fourth-order valence-electron chi connectivity index (χ4n) is 4.63. The van der Waals surface area contributed by atoms with Crippen molar-refractivity contribution in [2.45, 2.75) is 39.3 Å². The summed E-state index contributed by atoms with van der Waals surface area (Å²) in [4.78, 5) is 44.3. The SMILES string of the molecule is CCCN1CCN(C(=O)c2cc(Cn3c(=O)[nH]c(=O)c4ccccc43)ccc2F)C[C@H]1CC. The molecule has 1 fully saturated rings. The van der Waals surface area contributed by atoms with Gasteiger partial charge in [0, 0.05) is 25.7 Å². The summed E-state index contributed by atoms with van der Waals surface area (Å²) in [5.74, 6) is -0.908. The number of nitrogens with zero attached hydrogens (tertiary/aromatic N) is 3. The molecule has 0 aliphatic carbocycles. The average molecular weight is 453 g/mol. The van der Waals surface area contributed by atoms with Crippen LogP contribution in [0.4, 0.5) is 4.39 Å². The van der Waals surface area contributed by atoms with E-state index >= 15 is 0 Å². The number of hydrogen-bond donors (Lipinski definition) is 1. The number of nitrogens with one attached hydrogen (secondary N) is 1. The van der Waals surface area contributed by atoms with Gasteiger partial charge in [-0.3, -0.25) is 24.0 Å². The molecule has 1 aliphatic heterocycles. The van der Waals surface area contributed by atoms with Crippen molar-refractivity contribution >= 4 is 16.8 Å². The lowest BCUT2D eigenvalue weighted by Gasteiger charge is -2.41. The molecular weight excluding hydrogens is 423 g/mol. The van der Waals surface area contributed by atoms with Crippen molar-refractivity contribution in [3.63, 3.8) is 0 Å². The summed E-state index contributed by atoms with van der Waals surface area (Å²) in [5.41, 5.74) is 0.105. The largest absolute Gasteiger partial charge is 0.336 e. The molecule has 0 radical (unpaired) electrons. The first-order valence-electron chi connectivity index (χ1n) is 11.5. The van der Waals surface area contributed by atoms with Gasteiger partial charge in [0.05, 0.1) is 23.0 Å². The smallest absolute Gasteiger partial charge is 0.329 e. The number of piperazine rings is 1. The van der Waals surface area contributed by atoms with Crippen LogP contribution in [-0.4, -0.2) is 57.5 Å². The number of carbonyl (C=O) groups excluding carboxylic acids is 1. The Balaban J connectivity index is 1.62. The third-order valence-corrected chi connectivity index (χ3v) is 6.38. The Kier molecular flexibility index (Phi) is 6.74. The summed E-state index contributed by atoms with van der Waals surface area (Å²) in [6.07, 6.45) is 1.98. The number of benzene rings is 2. The first-order valence-corrected chi connectivity index (χ1v) is 11.5. The zero-order valence-electron chi connectivity index (χ0n) is 19.0. The predicted octanol–water partition coefficient (Wildman–Crippen LogP) is 2.82. The Hall–Kier alpha value is -3.26. The van der Waals surface area contributed by atoms with Crippen LogP contribution < -0.4 is 11.2 Å². The van der Waals surface area contributed by atoms with E-state index in [1.807, 2.05) is 0 Å². The number of amides is 1. The standard InChI is InChI=1S/C25H29FN4O3/c1-3-11-28-12-13-29(16-18(28)4-2)24(32)20-14-17(9-10-21(20)26)15-30-22-8-6-5-7-19(22)23(31)27-25(30)33/h5-10,14,18H,3-4,11-13,15-16H2,1-2H3,(H,27,31,33)/t18-/m1/s1. The average Bonchev–Trinajstić information content (AvgIpc) is 2.82. The summed E-state index contributed by atoms with van der Waals surface area (Å²) in [7, 11) is 0. The molecule has 1 amide bonds. The molecule has 3 aromatic rings. The molecule has 1 atom stereocenters. The molecule has 0 unspecified atom stereocenters. The summed E-state index contributed by atoms with van der Waals surface area (Å²) < 4.78 is 16.1. The maximum absolute atomic E-state index is 14.7. The second-order valence-corrected chi connectivity index (χ2v) is 8.53. The van der Waals surface area contributed by atoms with Crippen LogP contribution in [0, 0.1) is 5.82 Å². The summed E-state index contributed by atoms with van der Waals surface area (Å²) >= 11 is 0. The minimum Gasteiger partial charge on any atom is -0.336 e. The first kappa shape index (κ1) is 22.9. The van der Waals surface area contributed by atoms with Crippen LogP contribution in [-0.2, 0) is 6.54 Å². The van der Waals surface area contributed by atoms with Gasteiger partial charge in [0.25, 0.3) is 11.5 Å². The Morgan fingerprint density at radius 2 is 1.91 bits per heavy atom. The maximum atomic E-state index is 14.7. The van der Waals surface area contributed by atoms with E-state index in [1.54, 1.807) is 35.2 Å². The molecule has 174 valence electrons. The number of aromatic nitrogens is 2. The van der Waals surface area contributed by atoms with Gasteiger partial charge in [-0.2, -0.15) is 0 Å². The summed E-state index contributed by atoms with van der Waals surface area (Å²) in [6.45, 7) is 7.26. The molecule has 0 saturated carbocycles. The number of aromatic amines is 1. The van der Waals surface area contributed by atoms with Crippen LogP contribution in [0.1, 0.15) is 42.6 Å². The molecular formula is C25H29FN4O3. The van der Waals surface area contributed by atoms with Gasteiger partial charge in [-0.05, 0) is 49.2 Å². The van der Waals surface area contributed by atoms with E-state index in [1.165, 1.54) is 16.7 Å². The lowest BCUT2D eigenvalue weighted by molar-refractivity contribution is 0.0471. The van der Waals surface area contributed by atoms with Gasteiger partial charge in [0.15, 0.2) is 0 Å². The summed E-state index contributed by atoms with van der Waals surface area (Å²) in [6, 6.07) is 11.4. The van der Waals surface area contributed by atoms with Crippen molar-refractivity contribution in [2.75, 3.05) is 26.2 Å². The van der Waals surface area contributed by atoms with Crippen LogP contribution in [0.15, 0.2) is 52.1 Å². The maximum Gasteiger partial charge on any atom is 0.329 e. The molecule has 1 saturated heterocycles. The number of H-pyrrole nitrogens is 1.